The van der Waals surface area contributed by atoms with Crippen molar-refractivity contribution in [3.63, 3.8) is 0 Å². The van der Waals surface area contributed by atoms with Gasteiger partial charge in [-0.2, -0.15) is 0 Å². The standard InChI is InChI=1S/C14H23NS/c1-5-15-12(4)13-8-6-7-9-14(13)16-10-11(2)3/h6-9,11-12,15H,5,10H2,1-4H3. The highest BCUT2D eigenvalue weighted by Crippen LogP contribution is 2.28. The fourth-order valence-corrected chi connectivity index (χ4v) is 2.74. The molecule has 0 amide bonds. The largest absolute Gasteiger partial charge is 0.310 e. The topological polar surface area (TPSA) is 12.0 Å². The smallest absolute Gasteiger partial charge is 0.0302 e. The van der Waals surface area contributed by atoms with Crippen molar-refractivity contribution in [2.45, 2.75) is 38.6 Å². The van der Waals surface area contributed by atoms with Crippen LogP contribution in [0.3, 0.4) is 0 Å². The van der Waals surface area contributed by atoms with Crippen molar-refractivity contribution in [2.75, 3.05) is 12.3 Å². The van der Waals surface area contributed by atoms with E-state index in [0.717, 1.165) is 12.5 Å². The maximum Gasteiger partial charge on any atom is 0.0302 e. The molecule has 0 heterocycles. The molecule has 0 aliphatic rings. The van der Waals surface area contributed by atoms with Gasteiger partial charge in [-0.25, -0.2) is 0 Å². The van der Waals surface area contributed by atoms with Crippen LogP contribution in [0, 0.1) is 5.92 Å². The lowest BCUT2D eigenvalue weighted by Gasteiger charge is -2.17. The summed E-state index contributed by atoms with van der Waals surface area (Å²) in [5.74, 6) is 1.93. The average molecular weight is 237 g/mol. The lowest BCUT2D eigenvalue weighted by atomic mass is 10.1. The maximum absolute atomic E-state index is 3.48. The first-order valence-corrected chi connectivity index (χ1v) is 7.08. The molecule has 90 valence electrons. The lowest BCUT2D eigenvalue weighted by Crippen LogP contribution is -2.18. The van der Waals surface area contributed by atoms with Crippen LogP contribution < -0.4 is 5.32 Å². The van der Waals surface area contributed by atoms with Crippen LogP contribution in [0.2, 0.25) is 0 Å². The summed E-state index contributed by atoms with van der Waals surface area (Å²) in [7, 11) is 0. The molecule has 0 aliphatic carbocycles. The Balaban J connectivity index is 2.74. The molecule has 1 atom stereocenters. The third-order valence-corrected chi connectivity index (χ3v) is 3.98. The third kappa shape index (κ3) is 4.18. The number of thioether (sulfide) groups is 1. The van der Waals surface area contributed by atoms with Crippen LogP contribution in [0.5, 0.6) is 0 Å². The summed E-state index contributed by atoms with van der Waals surface area (Å²) in [6, 6.07) is 9.17. The van der Waals surface area contributed by atoms with E-state index in [9.17, 15) is 0 Å². The molecule has 0 bridgehead atoms. The zero-order valence-corrected chi connectivity index (χ0v) is 11.6. The number of benzene rings is 1. The molecule has 0 radical (unpaired) electrons. The quantitative estimate of drug-likeness (QED) is 0.747. The molecule has 0 spiro atoms. The molecular formula is C14H23NS. The highest BCUT2D eigenvalue weighted by molar-refractivity contribution is 7.99. The van der Waals surface area contributed by atoms with Gasteiger partial charge in [-0.1, -0.05) is 39.0 Å². The monoisotopic (exact) mass is 237 g/mol. The Labute approximate surface area is 104 Å². The highest BCUT2D eigenvalue weighted by atomic mass is 32.2. The first-order chi connectivity index (χ1) is 7.65. The summed E-state index contributed by atoms with van der Waals surface area (Å²) in [6.07, 6.45) is 0. The van der Waals surface area contributed by atoms with E-state index in [-0.39, 0.29) is 0 Å². The highest BCUT2D eigenvalue weighted by Gasteiger charge is 2.09. The number of rotatable bonds is 6. The van der Waals surface area contributed by atoms with Crippen molar-refractivity contribution >= 4 is 11.8 Å². The zero-order chi connectivity index (χ0) is 12.0. The SMILES string of the molecule is CCNC(C)c1ccccc1SCC(C)C. The summed E-state index contributed by atoms with van der Waals surface area (Å²) >= 11 is 1.97. The molecule has 16 heavy (non-hydrogen) atoms. The predicted molar refractivity (Wildman–Crippen MR) is 74.1 cm³/mol. The number of nitrogens with one attached hydrogen (secondary N) is 1. The lowest BCUT2D eigenvalue weighted by molar-refractivity contribution is 0.589. The summed E-state index contributed by atoms with van der Waals surface area (Å²) in [5, 5.41) is 3.48. The van der Waals surface area contributed by atoms with Gasteiger partial charge in [-0.05, 0) is 31.0 Å². The molecule has 1 N–H and O–H groups in total. The van der Waals surface area contributed by atoms with Crippen molar-refractivity contribution in [2.24, 2.45) is 5.92 Å². The van der Waals surface area contributed by atoms with E-state index in [0.29, 0.717) is 6.04 Å². The number of hydrogen-bond acceptors (Lipinski definition) is 2. The van der Waals surface area contributed by atoms with Crippen molar-refractivity contribution in [1.82, 2.24) is 5.32 Å². The van der Waals surface area contributed by atoms with Gasteiger partial charge >= 0.3 is 0 Å². The fraction of sp³-hybridized carbons (Fsp3) is 0.571. The van der Waals surface area contributed by atoms with Gasteiger partial charge in [0.2, 0.25) is 0 Å². The minimum Gasteiger partial charge on any atom is -0.310 e. The van der Waals surface area contributed by atoms with Gasteiger partial charge in [0.15, 0.2) is 0 Å². The van der Waals surface area contributed by atoms with Gasteiger partial charge in [0, 0.05) is 16.7 Å². The molecule has 0 aliphatic heterocycles. The normalized spacial score (nSPS) is 13.1. The van der Waals surface area contributed by atoms with Crippen molar-refractivity contribution < 1.29 is 0 Å². The minimum absolute atomic E-state index is 0.445. The summed E-state index contributed by atoms with van der Waals surface area (Å²) in [6.45, 7) is 9.94. The van der Waals surface area contributed by atoms with Gasteiger partial charge in [-0.15, -0.1) is 11.8 Å². The maximum atomic E-state index is 3.48. The van der Waals surface area contributed by atoms with Crippen LogP contribution in [0.1, 0.15) is 39.3 Å². The Morgan fingerprint density at radius 1 is 1.19 bits per heavy atom. The Morgan fingerprint density at radius 2 is 1.88 bits per heavy atom. The Bertz CT molecular complexity index is 309. The van der Waals surface area contributed by atoms with Gasteiger partial charge in [-0.3, -0.25) is 0 Å². The second kappa shape index (κ2) is 6.97. The van der Waals surface area contributed by atoms with Gasteiger partial charge in [0.25, 0.3) is 0 Å². The molecule has 0 aromatic heterocycles. The summed E-state index contributed by atoms with van der Waals surface area (Å²) in [5.41, 5.74) is 1.43. The minimum atomic E-state index is 0.445. The predicted octanol–water partition coefficient (Wildman–Crippen LogP) is 4.11. The number of hydrogen-bond donors (Lipinski definition) is 1. The van der Waals surface area contributed by atoms with Gasteiger partial charge in [0.1, 0.15) is 0 Å². The van der Waals surface area contributed by atoms with Gasteiger partial charge in [0.05, 0.1) is 0 Å². The molecule has 0 fully saturated rings. The first kappa shape index (κ1) is 13.6. The molecule has 2 heteroatoms. The second-order valence-electron chi connectivity index (χ2n) is 4.52. The van der Waals surface area contributed by atoms with Crippen LogP contribution in [0.15, 0.2) is 29.2 Å². The summed E-state index contributed by atoms with van der Waals surface area (Å²) < 4.78 is 0. The van der Waals surface area contributed by atoms with E-state index in [1.54, 1.807) is 0 Å². The van der Waals surface area contributed by atoms with Crippen molar-refractivity contribution in [1.29, 1.82) is 0 Å². The third-order valence-electron chi connectivity index (χ3n) is 2.47. The average Bonchev–Trinajstić information content (AvgIpc) is 2.27. The summed E-state index contributed by atoms with van der Waals surface area (Å²) in [4.78, 5) is 1.42. The van der Waals surface area contributed by atoms with E-state index in [1.165, 1.54) is 16.2 Å². The van der Waals surface area contributed by atoms with E-state index in [2.05, 4.69) is 57.3 Å². The van der Waals surface area contributed by atoms with E-state index >= 15 is 0 Å². The van der Waals surface area contributed by atoms with Crippen molar-refractivity contribution in [3.05, 3.63) is 29.8 Å². The molecule has 1 rings (SSSR count). The van der Waals surface area contributed by atoms with Crippen LogP contribution >= 0.6 is 11.8 Å². The molecule has 1 nitrogen and oxygen atoms in total. The van der Waals surface area contributed by atoms with Crippen LogP contribution in [0.4, 0.5) is 0 Å². The van der Waals surface area contributed by atoms with Crippen LogP contribution in [0.25, 0.3) is 0 Å². The van der Waals surface area contributed by atoms with E-state index in [1.807, 2.05) is 11.8 Å². The first-order valence-electron chi connectivity index (χ1n) is 6.10. The molecule has 1 unspecified atom stereocenters. The fourth-order valence-electron chi connectivity index (χ4n) is 1.64. The second-order valence-corrected chi connectivity index (χ2v) is 5.58. The van der Waals surface area contributed by atoms with E-state index in [4.69, 9.17) is 0 Å². The molecule has 0 saturated heterocycles. The molecule has 1 aromatic rings. The van der Waals surface area contributed by atoms with Crippen LogP contribution in [-0.4, -0.2) is 12.3 Å². The Kier molecular flexibility index (Phi) is 5.93. The molecule has 1 aromatic carbocycles. The molecular weight excluding hydrogens is 214 g/mol. The zero-order valence-electron chi connectivity index (χ0n) is 10.8. The van der Waals surface area contributed by atoms with Crippen molar-refractivity contribution in [3.8, 4) is 0 Å². The van der Waals surface area contributed by atoms with Gasteiger partial charge < -0.3 is 5.32 Å². The van der Waals surface area contributed by atoms with Crippen LogP contribution in [-0.2, 0) is 0 Å². The Morgan fingerprint density at radius 3 is 2.50 bits per heavy atom. The molecule has 0 saturated carbocycles. The van der Waals surface area contributed by atoms with E-state index < -0.39 is 0 Å². The Hall–Kier alpha value is -0.470.